The van der Waals surface area contributed by atoms with Crippen LogP contribution in [0.4, 0.5) is 11.4 Å². The van der Waals surface area contributed by atoms with Crippen LogP contribution in [0, 0.1) is 0 Å². The number of anilines is 2. The molecule has 0 saturated heterocycles. The van der Waals surface area contributed by atoms with Crippen LogP contribution in [0.2, 0.25) is 0 Å². The van der Waals surface area contributed by atoms with E-state index in [1.807, 2.05) is 54.4 Å². The van der Waals surface area contributed by atoms with Gasteiger partial charge in [0.25, 0.3) is 11.5 Å². The molecule has 2 aliphatic heterocycles. The first kappa shape index (κ1) is 26.0. The van der Waals surface area contributed by atoms with Gasteiger partial charge in [-0.25, -0.2) is 0 Å². The molecule has 5 rings (SSSR count). The zero-order valence-corrected chi connectivity index (χ0v) is 23.1. The average molecular weight is 549 g/mol. The number of aromatic nitrogens is 1. The van der Waals surface area contributed by atoms with Crippen molar-refractivity contribution in [2.75, 3.05) is 23.6 Å². The highest BCUT2D eigenvalue weighted by atomic mass is 32.2. The molecule has 0 unspecified atom stereocenters. The highest BCUT2D eigenvalue weighted by molar-refractivity contribution is 8.08. The predicted octanol–water partition coefficient (Wildman–Crippen LogP) is 3.52. The van der Waals surface area contributed by atoms with Crippen LogP contribution in [-0.4, -0.2) is 35.8 Å². The number of amides is 1. The van der Waals surface area contributed by atoms with Crippen LogP contribution >= 0.6 is 23.1 Å². The molecule has 0 spiro atoms. The van der Waals surface area contributed by atoms with Crippen molar-refractivity contribution in [1.82, 2.24) is 4.57 Å². The molecule has 1 amide bonds. The molecule has 10 heteroatoms. The van der Waals surface area contributed by atoms with Gasteiger partial charge in [0.05, 0.1) is 35.7 Å². The molecule has 0 aliphatic carbocycles. The van der Waals surface area contributed by atoms with Crippen LogP contribution in [0.25, 0.3) is 10.6 Å². The Morgan fingerprint density at radius 2 is 1.76 bits per heavy atom. The lowest BCUT2D eigenvalue weighted by molar-refractivity contribution is -0.141. The Kier molecular flexibility index (Phi) is 7.53. The quantitative estimate of drug-likeness (QED) is 0.420. The van der Waals surface area contributed by atoms with E-state index in [0.717, 1.165) is 28.5 Å². The van der Waals surface area contributed by atoms with Crippen LogP contribution in [0.15, 0.2) is 69.4 Å². The summed E-state index contributed by atoms with van der Waals surface area (Å²) < 4.78 is 7.93. The van der Waals surface area contributed by atoms with Gasteiger partial charge in [0.15, 0.2) is 0 Å². The second-order valence-corrected chi connectivity index (χ2v) is 10.9. The van der Waals surface area contributed by atoms with Crippen LogP contribution in [0.5, 0.6) is 0 Å². The molecular weight excluding hydrogens is 520 g/mol. The van der Waals surface area contributed by atoms with E-state index in [1.54, 1.807) is 35.4 Å². The maximum absolute atomic E-state index is 13.9. The number of hydrogen-bond acceptors (Lipinski definition) is 8. The number of ether oxygens (including phenoxy) is 1. The summed E-state index contributed by atoms with van der Waals surface area (Å²) in [6.45, 7) is 4.48. The minimum absolute atomic E-state index is 0.144. The SMILES string of the molecule is CCCCn1c(=O)/c(=C2/Sc3ccccc3N2C)s/c1=C1/C(=O)N(c2ccccc2)N=C1CC(=O)OCC. The average Bonchev–Trinajstić information content (AvgIpc) is 3.54. The third kappa shape index (κ3) is 4.69. The molecule has 196 valence electrons. The van der Waals surface area contributed by atoms with Crippen molar-refractivity contribution in [3.05, 3.63) is 74.1 Å². The van der Waals surface area contributed by atoms with Gasteiger partial charge in [0, 0.05) is 18.5 Å². The molecule has 1 aromatic heterocycles. The Morgan fingerprint density at radius 1 is 1.03 bits per heavy atom. The summed E-state index contributed by atoms with van der Waals surface area (Å²) in [5.41, 5.74) is 2.05. The van der Waals surface area contributed by atoms with Gasteiger partial charge in [-0.3, -0.25) is 19.0 Å². The fourth-order valence-corrected chi connectivity index (χ4v) is 6.97. The number of thiazole rings is 1. The Hall–Kier alpha value is -3.63. The lowest BCUT2D eigenvalue weighted by Crippen LogP contribution is -2.36. The molecule has 3 heterocycles. The monoisotopic (exact) mass is 548 g/mol. The van der Waals surface area contributed by atoms with Gasteiger partial charge >= 0.3 is 5.97 Å². The minimum atomic E-state index is -0.471. The minimum Gasteiger partial charge on any atom is -0.466 e. The number of hydrazone groups is 1. The van der Waals surface area contributed by atoms with Crippen molar-refractivity contribution in [1.29, 1.82) is 0 Å². The van der Waals surface area contributed by atoms with Crippen molar-refractivity contribution in [3.8, 4) is 0 Å². The third-order valence-electron chi connectivity index (χ3n) is 6.30. The van der Waals surface area contributed by atoms with E-state index in [1.165, 1.54) is 16.3 Å². The van der Waals surface area contributed by atoms with Gasteiger partial charge in [-0.1, -0.05) is 55.4 Å². The standard InChI is InChI=1S/C28H28N4O4S2/c1-4-6-16-31-26(35)24(28-30(3)20-14-10-11-15-21(20)37-28)38-27(31)23-19(17-22(33)36-5-2)29-32(25(23)34)18-12-8-7-9-13-18/h7-15H,4-6,16-17H2,1-3H3/b27-23+,28-24-. The van der Waals surface area contributed by atoms with Crippen molar-refractivity contribution in [2.45, 2.75) is 44.6 Å². The highest BCUT2D eigenvalue weighted by Crippen LogP contribution is 2.45. The summed E-state index contributed by atoms with van der Waals surface area (Å²) in [6.07, 6.45) is 1.50. The number of benzene rings is 2. The second kappa shape index (κ2) is 11.0. The largest absolute Gasteiger partial charge is 0.466 e. The fraction of sp³-hybridized carbons (Fsp3) is 0.286. The van der Waals surface area contributed by atoms with Crippen LogP contribution in [0.1, 0.15) is 33.1 Å². The van der Waals surface area contributed by atoms with Gasteiger partial charge in [0.1, 0.15) is 14.2 Å². The number of hydrogen-bond donors (Lipinski definition) is 0. The van der Waals surface area contributed by atoms with E-state index in [2.05, 4.69) is 12.0 Å². The van der Waals surface area contributed by atoms with Gasteiger partial charge < -0.3 is 9.64 Å². The summed E-state index contributed by atoms with van der Waals surface area (Å²) in [4.78, 5) is 43.3. The maximum atomic E-state index is 13.9. The molecule has 0 bridgehead atoms. The molecule has 8 nitrogen and oxygen atoms in total. The molecule has 0 fully saturated rings. The van der Waals surface area contributed by atoms with Crippen molar-refractivity contribution < 1.29 is 14.3 Å². The van der Waals surface area contributed by atoms with E-state index < -0.39 is 5.97 Å². The number of thioether (sulfide) groups is 1. The molecule has 2 aliphatic rings. The fourth-order valence-electron chi connectivity index (χ4n) is 4.43. The first-order valence-corrected chi connectivity index (χ1v) is 14.2. The molecule has 0 N–H and O–H groups in total. The van der Waals surface area contributed by atoms with Crippen molar-refractivity contribution >= 4 is 62.7 Å². The van der Waals surface area contributed by atoms with Crippen LogP contribution < -0.4 is 24.7 Å². The number of fused-ring (bicyclic) bond motifs is 1. The summed E-state index contributed by atoms with van der Waals surface area (Å²) in [6, 6.07) is 17.1. The topological polar surface area (TPSA) is 84.2 Å². The lowest BCUT2D eigenvalue weighted by atomic mass is 10.1. The number of esters is 1. The Balaban J connectivity index is 1.75. The summed E-state index contributed by atoms with van der Waals surface area (Å²) in [5.74, 6) is -0.837. The van der Waals surface area contributed by atoms with Gasteiger partial charge in [-0.05, 0) is 37.6 Å². The van der Waals surface area contributed by atoms with Gasteiger partial charge in [-0.2, -0.15) is 10.1 Å². The third-order valence-corrected chi connectivity index (χ3v) is 8.85. The number of carbonyl (C=O) groups is 2. The molecular formula is C28H28N4O4S2. The number of nitrogens with zero attached hydrogens (tertiary/aromatic N) is 4. The first-order valence-electron chi connectivity index (χ1n) is 12.6. The van der Waals surface area contributed by atoms with E-state index in [4.69, 9.17) is 4.74 Å². The highest BCUT2D eigenvalue weighted by Gasteiger charge is 2.35. The molecule has 0 saturated carbocycles. The Morgan fingerprint density at radius 3 is 2.47 bits per heavy atom. The van der Waals surface area contributed by atoms with E-state index in [0.29, 0.717) is 27.1 Å². The number of rotatable bonds is 7. The van der Waals surface area contributed by atoms with E-state index in [9.17, 15) is 14.4 Å². The Bertz CT molecular complexity index is 1610. The lowest BCUT2D eigenvalue weighted by Gasteiger charge is -2.11. The van der Waals surface area contributed by atoms with E-state index >= 15 is 0 Å². The number of para-hydroxylation sites is 2. The maximum Gasteiger partial charge on any atom is 0.311 e. The molecule has 0 radical (unpaired) electrons. The molecule has 2 aromatic carbocycles. The zero-order chi connectivity index (χ0) is 26.8. The molecule has 38 heavy (non-hydrogen) atoms. The van der Waals surface area contributed by atoms with E-state index in [-0.39, 0.29) is 30.1 Å². The van der Waals surface area contributed by atoms with Gasteiger partial charge in [0.2, 0.25) is 0 Å². The summed E-state index contributed by atoms with van der Waals surface area (Å²) in [5, 5.41) is 6.69. The normalized spacial score (nSPS) is 17.7. The number of unbranched alkanes of at least 4 members (excludes halogenated alkanes) is 1. The van der Waals surface area contributed by atoms with Crippen LogP contribution in [0.3, 0.4) is 0 Å². The van der Waals surface area contributed by atoms with Crippen molar-refractivity contribution in [2.24, 2.45) is 5.10 Å². The van der Waals surface area contributed by atoms with Gasteiger partial charge in [-0.15, -0.1) is 11.3 Å². The smallest absolute Gasteiger partial charge is 0.311 e. The molecule has 3 aromatic rings. The summed E-state index contributed by atoms with van der Waals surface area (Å²) in [7, 11) is 1.95. The number of carbonyl (C=O) groups excluding carboxylic acids is 2. The predicted molar refractivity (Wildman–Crippen MR) is 153 cm³/mol. The van der Waals surface area contributed by atoms with Crippen LogP contribution in [-0.2, 0) is 20.9 Å². The zero-order valence-electron chi connectivity index (χ0n) is 21.5. The van der Waals surface area contributed by atoms with Crippen molar-refractivity contribution in [3.63, 3.8) is 0 Å². The second-order valence-electron chi connectivity index (χ2n) is 8.84. The summed E-state index contributed by atoms with van der Waals surface area (Å²) >= 11 is 2.83. The first-order chi connectivity index (χ1) is 18.4. The molecule has 0 atom stereocenters. The Labute approximate surface area is 228 Å².